The smallest absolute Gasteiger partial charge is 0.193 e. The largest absolute Gasteiger partial charge is 0.507 e. The predicted octanol–water partition coefficient (Wildman–Crippen LogP) is 6.55. The molecule has 0 radical (unpaired) electrons. The second-order valence-corrected chi connectivity index (χ2v) is 9.21. The molecule has 5 heteroatoms. The van der Waals surface area contributed by atoms with Gasteiger partial charge < -0.3 is 10.2 Å². The van der Waals surface area contributed by atoms with Crippen LogP contribution in [0.4, 0.5) is 0 Å². The standard InChI is InChI=1S/C26H16Br2O3/c27-21-13-15(9-11-23(21)29)26(16-10-12-24(30)22(28)14-16)19-7-3-1-5-17(19)25(31)18-6-2-4-8-20(18)26/h1-14,29-30H. The van der Waals surface area contributed by atoms with Gasteiger partial charge in [0, 0.05) is 11.1 Å². The lowest BCUT2D eigenvalue weighted by atomic mass is 9.59. The number of ketones is 1. The van der Waals surface area contributed by atoms with Crippen LogP contribution in [0.2, 0.25) is 0 Å². The Morgan fingerprint density at radius 1 is 0.613 bits per heavy atom. The molecule has 0 saturated heterocycles. The molecular formula is C26H16Br2O3. The Bertz CT molecular complexity index is 1260. The second-order valence-electron chi connectivity index (χ2n) is 7.50. The van der Waals surface area contributed by atoms with Crippen molar-refractivity contribution in [3.8, 4) is 11.5 Å². The van der Waals surface area contributed by atoms with Gasteiger partial charge in [-0.1, -0.05) is 60.7 Å². The fraction of sp³-hybridized carbons (Fsp3) is 0.0385. The molecule has 0 atom stereocenters. The molecule has 0 amide bonds. The Morgan fingerprint density at radius 3 is 1.45 bits per heavy atom. The first-order valence-corrected chi connectivity index (χ1v) is 11.2. The van der Waals surface area contributed by atoms with E-state index in [0.29, 0.717) is 20.1 Å². The van der Waals surface area contributed by atoms with E-state index in [-0.39, 0.29) is 17.3 Å². The predicted molar refractivity (Wildman–Crippen MR) is 127 cm³/mol. The zero-order valence-corrected chi connectivity index (χ0v) is 19.3. The Kier molecular flexibility index (Phi) is 4.76. The molecule has 0 fully saturated rings. The van der Waals surface area contributed by atoms with Gasteiger partial charge in [0.25, 0.3) is 0 Å². The Morgan fingerprint density at radius 2 is 1.03 bits per heavy atom. The van der Waals surface area contributed by atoms with E-state index < -0.39 is 5.41 Å². The Labute approximate surface area is 196 Å². The van der Waals surface area contributed by atoms with Crippen molar-refractivity contribution in [3.05, 3.63) is 127 Å². The highest BCUT2D eigenvalue weighted by molar-refractivity contribution is 9.10. The van der Waals surface area contributed by atoms with Crippen molar-refractivity contribution in [2.75, 3.05) is 0 Å². The molecule has 31 heavy (non-hydrogen) atoms. The number of carbonyl (C=O) groups excluding carboxylic acids is 1. The van der Waals surface area contributed by atoms with E-state index >= 15 is 0 Å². The normalized spacial score (nSPS) is 14.1. The molecule has 4 aromatic rings. The lowest BCUT2D eigenvalue weighted by molar-refractivity contribution is 0.103. The van der Waals surface area contributed by atoms with Crippen LogP contribution >= 0.6 is 31.9 Å². The highest BCUT2D eigenvalue weighted by Crippen LogP contribution is 2.52. The molecule has 0 bridgehead atoms. The second kappa shape index (κ2) is 7.36. The van der Waals surface area contributed by atoms with Crippen molar-refractivity contribution in [3.63, 3.8) is 0 Å². The first kappa shape index (κ1) is 20.0. The van der Waals surface area contributed by atoms with Gasteiger partial charge in [-0.2, -0.15) is 0 Å². The van der Waals surface area contributed by atoms with Crippen LogP contribution in [-0.2, 0) is 5.41 Å². The van der Waals surface area contributed by atoms with Crippen molar-refractivity contribution in [2.24, 2.45) is 0 Å². The van der Waals surface area contributed by atoms with Crippen molar-refractivity contribution >= 4 is 37.6 Å². The minimum absolute atomic E-state index is 0.0162. The fourth-order valence-corrected chi connectivity index (χ4v) is 5.33. The molecule has 1 aliphatic rings. The summed E-state index contributed by atoms with van der Waals surface area (Å²) in [6.45, 7) is 0. The third kappa shape index (κ3) is 2.87. The fourth-order valence-electron chi connectivity index (χ4n) is 4.58. The van der Waals surface area contributed by atoms with E-state index in [4.69, 9.17) is 0 Å². The average molecular weight is 536 g/mol. The summed E-state index contributed by atoms with van der Waals surface area (Å²) in [4.78, 5) is 13.4. The monoisotopic (exact) mass is 534 g/mol. The summed E-state index contributed by atoms with van der Waals surface area (Å²) in [5, 5.41) is 20.3. The molecule has 0 aromatic heterocycles. The van der Waals surface area contributed by atoms with E-state index in [1.807, 2.05) is 72.8 Å². The number of rotatable bonds is 2. The van der Waals surface area contributed by atoms with Crippen LogP contribution in [0, 0.1) is 0 Å². The zero-order valence-electron chi connectivity index (χ0n) is 16.1. The van der Waals surface area contributed by atoms with Crippen LogP contribution in [0.1, 0.15) is 38.2 Å². The van der Waals surface area contributed by atoms with Gasteiger partial charge in [-0.3, -0.25) is 4.79 Å². The highest BCUT2D eigenvalue weighted by Gasteiger charge is 2.46. The van der Waals surface area contributed by atoms with Gasteiger partial charge in [0.1, 0.15) is 11.5 Å². The van der Waals surface area contributed by atoms with Crippen LogP contribution < -0.4 is 0 Å². The van der Waals surface area contributed by atoms with Crippen LogP contribution in [0.25, 0.3) is 0 Å². The van der Waals surface area contributed by atoms with Gasteiger partial charge in [0.2, 0.25) is 0 Å². The number of phenols is 2. The number of halogens is 2. The summed E-state index contributed by atoms with van der Waals surface area (Å²) in [5.41, 5.74) is 3.93. The Hall–Kier alpha value is -2.89. The van der Waals surface area contributed by atoms with Crippen molar-refractivity contribution in [1.29, 1.82) is 0 Å². The summed E-state index contributed by atoms with van der Waals surface area (Å²) in [6.07, 6.45) is 0. The van der Waals surface area contributed by atoms with Crippen LogP contribution in [0.5, 0.6) is 11.5 Å². The van der Waals surface area contributed by atoms with E-state index in [1.54, 1.807) is 12.1 Å². The van der Waals surface area contributed by atoms with Crippen molar-refractivity contribution in [2.45, 2.75) is 5.41 Å². The molecule has 152 valence electrons. The summed E-state index contributed by atoms with van der Waals surface area (Å²) < 4.78 is 1.13. The van der Waals surface area contributed by atoms with E-state index in [0.717, 1.165) is 22.3 Å². The van der Waals surface area contributed by atoms with Gasteiger partial charge >= 0.3 is 0 Å². The zero-order chi connectivity index (χ0) is 21.8. The van der Waals surface area contributed by atoms with Gasteiger partial charge in [-0.25, -0.2) is 0 Å². The van der Waals surface area contributed by atoms with Gasteiger partial charge in [-0.05, 0) is 78.4 Å². The molecule has 0 saturated carbocycles. The number of benzene rings is 4. The van der Waals surface area contributed by atoms with Crippen LogP contribution in [0.15, 0.2) is 93.9 Å². The molecule has 4 aromatic carbocycles. The molecule has 0 heterocycles. The van der Waals surface area contributed by atoms with Gasteiger partial charge in [0.15, 0.2) is 5.78 Å². The van der Waals surface area contributed by atoms with Crippen molar-refractivity contribution in [1.82, 2.24) is 0 Å². The first-order chi connectivity index (χ1) is 14.9. The number of carbonyl (C=O) groups is 1. The minimum atomic E-state index is -0.826. The average Bonchev–Trinajstić information content (AvgIpc) is 2.79. The molecule has 5 rings (SSSR count). The SMILES string of the molecule is O=C1c2ccccc2C(c2ccc(O)c(Br)c2)(c2ccc(O)c(Br)c2)c2ccccc21. The number of phenolic OH excluding ortho intramolecular Hbond substituents is 2. The molecule has 0 unspecified atom stereocenters. The van der Waals surface area contributed by atoms with Crippen LogP contribution in [0.3, 0.4) is 0 Å². The maximum absolute atomic E-state index is 13.4. The summed E-state index contributed by atoms with van der Waals surface area (Å²) in [6, 6.07) is 26.1. The summed E-state index contributed by atoms with van der Waals surface area (Å²) in [5.74, 6) is 0.260. The van der Waals surface area contributed by atoms with E-state index in [1.165, 1.54) is 0 Å². The number of hydrogen-bond acceptors (Lipinski definition) is 3. The molecule has 1 aliphatic carbocycles. The molecule has 3 nitrogen and oxygen atoms in total. The maximum Gasteiger partial charge on any atom is 0.193 e. The number of fused-ring (bicyclic) bond motifs is 2. The minimum Gasteiger partial charge on any atom is -0.507 e. The summed E-state index contributed by atoms with van der Waals surface area (Å²) >= 11 is 6.92. The number of hydrogen-bond donors (Lipinski definition) is 2. The Balaban J connectivity index is 2.00. The molecule has 0 spiro atoms. The molecular weight excluding hydrogens is 520 g/mol. The molecule has 2 N–H and O–H groups in total. The topological polar surface area (TPSA) is 57.5 Å². The highest BCUT2D eigenvalue weighted by atomic mass is 79.9. The van der Waals surface area contributed by atoms with E-state index in [2.05, 4.69) is 31.9 Å². The lowest BCUT2D eigenvalue weighted by Crippen LogP contribution is -2.38. The maximum atomic E-state index is 13.4. The third-order valence-corrected chi connectivity index (χ3v) is 7.18. The van der Waals surface area contributed by atoms with Crippen LogP contribution in [-0.4, -0.2) is 16.0 Å². The lowest BCUT2D eigenvalue weighted by Gasteiger charge is -2.41. The van der Waals surface area contributed by atoms with Gasteiger partial charge in [-0.15, -0.1) is 0 Å². The van der Waals surface area contributed by atoms with Gasteiger partial charge in [0.05, 0.1) is 14.4 Å². The van der Waals surface area contributed by atoms with E-state index in [9.17, 15) is 15.0 Å². The summed E-state index contributed by atoms with van der Waals surface area (Å²) in [7, 11) is 0. The first-order valence-electron chi connectivity index (χ1n) is 9.66. The third-order valence-electron chi connectivity index (χ3n) is 5.91. The quantitative estimate of drug-likeness (QED) is 0.269. The molecule has 0 aliphatic heterocycles. The van der Waals surface area contributed by atoms with Crippen molar-refractivity contribution < 1.29 is 15.0 Å². The number of aromatic hydroxyl groups is 2.